The number of fused-ring (bicyclic) bond motifs is 4. The lowest BCUT2D eigenvalue weighted by Crippen LogP contribution is -2.58. The highest BCUT2D eigenvalue weighted by atomic mass is 16.6. The summed E-state index contributed by atoms with van der Waals surface area (Å²) >= 11 is 0. The lowest BCUT2D eigenvalue weighted by Gasteiger charge is -2.49. The van der Waals surface area contributed by atoms with Crippen LogP contribution in [0.5, 0.6) is 0 Å². The Morgan fingerprint density at radius 2 is 2.14 bits per heavy atom. The van der Waals surface area contributed by atoms with E-state index in [-0.39, 0.29) is 42.4 Å². The van der Waals surface area contributed by atoms with Crippen molar-refractivity contribution in [1.82, 2.24) is 0 Å². The summed E-state index contributed by atoms with van der Waals surface area (Å²) in [6.07, 6.45) is 0.300. The average molecular weight is 296 g/mol. The molecule has 0 radical (unpaired) electrons. The first-order valence-electron chi connectivity index (χ1n) is 7.61. The summed E-state index contributed by atoms with van der Waals surface area (Å²) in [6.45, 7) is 5.89. The van der Waals surface area contributed by atoms with Gasteiger partial charge in [0.05, 0.1) is 18.6 Å². The number of ether oxygens (including phenoxy) is 2. The van der Waals surface area contributed by atoms with E-state index in [1.165, 1.54) is 0 Å². The van der Waals surface area contributed by atoms with Gasteiger partial charge >= 0.3 is 5.97 Å². The molecule has 0 spiro atoms. The molecule has 1 unspecified atom stereocenters. The maximum Gasteiger partial charge on any atom is 0.310 e. The summed E-state index contributed by atoms with van der Waals surface area (Å²) in [5.41, 5.74) is 0.0878. The fraction of sp³-hybridized carbons (Fsp3) is 0.812. The minimum atomic E-state index is -0.809. The van der Waals surface area contributed by atoms with Gasteiger partial charge in [0.1, 0.15) is 12.2 Å². The number of hydrogen-bond acceptors (Lipinski definition) is 5. The SMILES string of the molecule is CO[C@H]1C=C(CO)[C@@]2(C)C1[C@H]1C(=O)O[C@@H]([C@H]1C(C)C)[C@H]2O. The summed E-state index contributed by atoms with van der Waals surface area (Å²) in [7, 11) is 1.60. The van der Waals surface area contributed by atoms with Crippen molar-refractivity contribution in [3.8, 4) is 0 Å². The molecule has 2 bridgehead atoms. The van der Waals surface area contributed by atoms with E-state index in [2.05, 4.69) is 13.8 Å². The summed E-state index contributed by atoms with van der Waals surface area (Å²) in [4.78, 5) is 12.4. The summed E-state index contributed by atoms with van der Waals surface area (Å²) in [6, 6.07) is 0. The van der Waals surface area contributed by atoms with Crippen molar-refractivity contribution in [2.24, 2.45) is 29.1 Å². The van der Waals surface area contributed by atoms with Crippen molar-refractivity contribution < 1.29 is 24.5 Å². The zero-order chi connectivity index (χ0) is 15.5. The fourth-order valence-corrected chi connectivity index (χ4v) is 4.89. The molecule has 7 atom stereocenters. The molecule has 2 N–H and O–H groups in total. The maximum atomic E-state index is 12.4. The van der Waals surface area contributed by atoms with Gasteiger partial charge in [0.15, 0.2) is 0 Å². The molecule has 3 rings (SSSR count). The quantitative estimate of drug-likeness (QED) is 0.593. The van der Waals surface area contributed by atoms with Crippen LogP contribution < -0.4 is 0 Å². The average Bonchev–Trinajstić information content (AvgIpc) is 2.90. The number of aliphatic hydroxyl groups excluding tert-OH is 2. The standard InChI is InChI=1S/C16H24O5/c1-7(2)10-11-12-9(20-4)5-8(6-17)16(12,3)14(18)13(10)21-15(11)19/h5,7,9-14,17-18H,6H2,1-4H3/t9-,10-,11-,12?,13-,14+,16-/m0/s1. The number of esters is 1. The third kappa shape index (κ3) is 1.71. The Bertz CT molecular complexity index is 485. The molecule has 1 aliphatic heterocycles. The van der Waals surface area contributed by atoms with Crippen LogP contribution in [0, 0.1) is 29.1 Å². The number of aliphatic hydroxyl groups is 2. The molecular weight excluding hydrogens is 272 g/mol. The van der Waals surface area contributed by atoms with E-state index in [0.717, 1.165) is 5.57 Å². The first kappa shape index (κ1) is 15.0. The van der Waals surface area contributed by atoms with Gasteiger partial charge in [-0.2, -0.15) is 0 Å². The minimum absolute atomic E-state index is 0.00494. The third-order valence-corrected chi connectivity index (χ3v) is 5.95. The van der Waals surface area contributed by atoms with Crippen LogP contribution in [0.1, 0.15) is 20.8 Å². The van der Waals surface area contributed by atoms with Crippen LogP contribution in [0.25, 0.3) is 0 Å². The number of hydrogen-bond donors (Lipinski definition) is 2. The van der Waals surface area contributed by atoms with E-state index in [1.54, 1.807) is 7.11 Å². The molecule has 5 heteroatoms. The zero-order valence-corrected chi connectivity index (χ0v) is 12.9. The Balaban J connectivity index is 2.11. The summed E-state index contributed by atoms with van der Waals surface area (Å²) in [5.74, 6) is -0.468. The first-order valence-corrected chi connectivity index (χ1v) is 7.61. The molecule has 0 aromatic rings. The molecule has 1 saturated heterocycles. The van der Waals surface area contributed by atoms with Crippen LogP contribution in [0.4, 0.5) is 0 Å². The van der Waals surface area contributed by atoms with E-state index in [9.17, 15) is 15.0 Å². The van der Waals surface area contributed by atoms with Gasteiger partial charge in [-0.25, -0.2) is 0 Å². The topological polar surface area (TPSA) is 76.0 Å². The predicted molar refractivity (Wildman–Crippen MR) is 75.3 cm³/mol. The van der Waals surface area contributed by atoms with Crippen molar-refractivity contribution >= 4 is 5.97 Å². The van der Waals surface area contributed by atoms with Crippen LogP contribution in [-0.4, -0.2) is 48.2 Å². The molecule has 21 heavy (non-hydrogen) atoms. The highest BCUT2D eigenvalue weighted by Gasteiger charge is 2.69. The largest absolute Gasteiger partial charge is 0.459 e. The van der Waals surface area contributed by atoms with Gasteiger partial charge in [0, 0.05) is 24.4 Å². The second-order valence-corrected chi connectivity index (χ2v) is 7.05. The molecule has 0 aromatic carbocycles. The van der Waals surface area contributed by atoms with Gasteiger partial charge in [0.25, 0.3) is 0 Å². The van der Waals surface area contributed by atoms with Gasteiger partial charge in [-0.15, -0.1) is 0 Å². The van der Waals surface area contributed by atoms with Crippen molar-refractivity contribution in [3.05, 3.63) is 11.6 Å². The van der Waals surface area contributed by atoms with Gasteiger partial charge in [-0.05, 0) is 11.5 Å². The van der Waals surface area contributed by atoms with Gasteiger partial charge < -0.3 is 19.7 Å². The van der Waals surface area contributed by atoms with E-state index in [4.69, 9.17) is 9.47 Å². The van der Waals surface area contributed by atoms with Crippen molar-refractivity contribution in [1.29, 1.82) is 0 Å². The molecule has 118 valence electrons. The molecular formula is C16H24O5. The number of carbonyl (C=O) groups is 1. The van der Waals surface area contributed by atoms with E-state index < -0.39 is 17.6 Å². The second-order valence-electron chi connectivity index (χ2n) is 7.05. The minimum Gasteiger partial charge on any atom is -0.459 e. The van der Waals surface area contributed by atoms with Crippen molar-refractivity contribution in [2.45, 2.75) is 39.1 Å². The lowest BCUT2D eigenvalue weighted by atomic mass is 9.55. The number of carbonyl (C=O) groups excluding carboxylic acids is 1. The Hall–Kier alpha value is -0.910. The maximum absolute atomic E-state index is 12.4. The van der Waals surface area contributed by atoms with Gasteiger partial charge in [-0.1, -0.05) is 26.8 Å². The molecule has 5 nitrogen and oxygen atoms in total. The van der Waals surface area contributed by atoms with Crippen LogP contribution in [-0.2, 0) is 14.3 Å². The van der Waals surface area contributed by atoms with E-state index in [1.807, 2.05) is 13.0 Å². The molecule has 2 aliphatic carbocycles. The monoisotopic (exact) mass is 296 g/mol. The normalized spacial score (nSPS) is 48.3. The molecule has 2 fully saturated rings. The Kier molecular flexibility index (Phi) is 3.43. The highest BCUT2D eigenvalue weighted by Crippen LogP contribution is 2.61. The molecule has 1 heterocycles. The smallest absolute Gasteiger partial charge is 0.310 e. The molecule has 1 saturated carbocycles. The lowest BCUT2D eigenvalue weighted by molar-refractivity contribution is -0.147. The Morgan fingerprint density at radius 3 is 2.67 bits per heavy atom. The predicted octanol–water partition coefficient (Wildman–Crippen LogP) is 0.744. The highest BCUT2D eigenvalue weighted by molar-refractivity contribution is 5.77. The van der Waals surface area contributed by atoms with Crippen LogP contribution >= 0.6 is 0 Å². The Morgan fingerprint density at radius 1 is 1.48 bits per heavy atom. The van der Waals surface area contributed by atoms with Crippen molar-refractivity contribution in [3.63, 3.8) is 0 Å². The Labute approximate surface area is 124 Å². The van der Waals surface area contributed by atoms with Crippen LogP contribution in [0.15, 0.2) is 11.6 Å². The summed E-state index contributed by atoms with van der Waals surface area (Å²) < 4.78 is 11.1. The summed E-state index contributed by atoms with van der Waals surface area (Å²) in [5, 5.41) is 20.6. The number of methoxy groups -OCH3 is 1. The third-order valence-electron chi connectivity index (χ3n) is 5.95. The first-order chi connectivity index (χ1) is 9.87. The zero-order valence-electron chi connectivity index (χ0n) is 12.9. The van der Waals surface area contributed by atoms with Crippen molar-refractivity contribution in [2.75, 3.05) is 13.7 Å². The van der Waals surface area contributed by atoms with E-state index in [0.29, 0.717) is 0 Å². The van der Waals surface area contributed by atoms with E-state index >= 15 is 0 Å². The number of rotatable bonds is 3. The molecule has 0 aromatic heterocycles. The molecule has 3 aliphatic rings. The van der Waals surface area contributed by atoms with Crippen LogP contribution in [0.3, 0.4) is 0 Å². The van der Waals surface area contributed by atoms with Crippen LogP contribution in [0.2, 0.25) is 0 Å². The second kappa shape index (κ2) is 4.80. The fourth-order valence-electron chi connectivity index (χ4n) is 4.89. The van der Waals surface area contributed by atoms with Gasteiger partial charge in [0.2, 0.25) is 0 Å². The molecule has 0 amide bonds. The van der Waals surface area contributed by atoms with Gasteiger partial charge in [-0.3, -0.25) is 4.79 Å².